The molecule has 8 heteroatoms. The Morgan fingerprint density at radius 1 is 1.08 bits per heavy atom. The zero-order chi connectivity index (χ0) is 18.0. The third-order valence-corrected chi connectivity index (χ3v) is 4.08. The van der Waals surface area contributed by atoms with Gasteiger partial charge in [-0.3, -0.25) is 9.59 Å². The monoisotopic (exact) mass is 351 g/mol. The van der Waals surface area contributed by atoms with Crippen LogP contribution in [0.25, 0.3) is 0 Å². The van der Waals surface area contributed by atoms with Crippen molar-refractivity contribution >= 4 is 11.6 Å². The Bertz CT molecular complexity index is 857. The van der Waals surface area contributed by atoms with Crippen LogP contribution in [0.15, 0.2) is 23.0 Å². The maximum atomic E-state index is 13.2. The fraction of sp³-hybridized carbons (Fsp3) is 0.353. The molecular formula is C17H16F3N3O2. The number of fused-ring (bicyclic) bond motifs is 1. The highest BCUT2D eigenvalue weighted by molar-refractivity contribution is 5.90. The Kier molecular flexibility index (Phi) is 4.87. The van der Waals surface area contributed by atoms with Crippen LogP contribution in [0.5, 0.6) is 0 Å². The second-order valence-corrected chi connectivity index (χ2v) is 5.97. The van der Waals surface area contributed by atoms with Gasteiger partial charge in [0.2, 0.25) is 5.91 Å². The minimum absolute atomic E-state index is 0.232. The van der Waals surface area contributed by atoms with Crippen LogP contribution in [0.1, 0.15) is 30.5 Å². The number of carbonyl (C=O) groups is 1. The van der Waals surface area contributed by atoms with E-state index in [-0.39, 0.29) is 5.69 Å². The summed E-state index contributed by atoms with van der Waals surface area (Å²) in [7, 11) is 0. The number of aromatic nitrogens is 2. The van der Waals surface area contributed by atoms with Crippen molar-refractivity contribution in [3.63, 3.8) is 0 Å². The van der Waals surface area contributed by atoms with Crippen molar-refractivity contribution in [2.45, 2.75) is 38.6 Å². The van der Waals surface area contributed by atoms with Gasteiger partial charge in [-0.05, 0) is 31.2 Å². The molecule has 5 nitrogen and oxygen atoms in total. The summed E-state index contributed by atoms with van der Waals surface area (Å²) in [5.41, 5.74) is 1.06. The topological polar surface area (TPSA) is 64.0 Å². The number of nitrogens with zero attached hydrogens (tertiary/aromatic N) is 2. The van der Waals surface area contributed by atoms with E-state index < -0.39 is 35.5 Å². The van der Waals surface area contributed by atoms with E-state index in [1.54, 1.807) is 0 Å². The lowest BCUT2D eigenvalue weighted by Crippen LogP contribution is -2.30. The van der Waals surface area contributed by atoms with Crippen molar-refractivity contribution < 1.29 is 18.0 Å². The number of nitrogens with one attached hydrogen (secondary N) is 1. The highest BCUT2D eigenvalue weighted by Gasteiger charge is 2.15. The quantitative estimate of drug-likeness (QED) is 0.683. The molecular weight excluding hydrogens is 335 g/mol. The van der Waals surface area contributed by atoms with E-state index in [4.69, 9.17) is 0 Å². The van der Waals surface area contributed by atoms with Crippen LogP contribution >= 0.6 is 0 Å². The van der Waals surface area contributed by atoms with Gasteiger partial charge in [0.15, 0.2) is 17.5 Å². The van der Waals surface area contributed by atoms with E-state index in [0.29, 0.717) is 12.1 Å². The van der Waals surface area contributed by atoms with E-state index in [1.165, 1.54) is 6.07 Å². The average Bonchev–Trinajstić information content (AvgIpc) is 2.77. The molecule has 0 bridgehead atoms. The standard InChI is InChI=1S/C17H16F3N3O2/c18-12-7-11(8-13(19)17(12)20)21-15(24)9-23-16(25)6-10-4-2-1-3-5-14(10)22-23/h6-8H,1-5,9H2,(H,21,24). The molecule has 0 radical (unpaired) electrons. The normalized spacial score (nSPS) is 13.9. The van der Waals surface area contributed by atoms with Crippen molar-refractivity contribution in [1.29, 1.82) is 0 Å². The summed E-state index contributed by atoms with van der Waals surface area (Å²) in [6, 6.07) is 2.82. The molecule has 0 saturated carbocycles. The summed E-state index contributed by atoms with van der Waals surface area (Å²) in [6.07, 6.45) is 4.57. The van der Waals surface area contributed by atoms with Crippen LogP contribution in [0, 0.1) is 17.5 Å². The first-order chi connectivity index (χ1) is 11.9. The Balaban J connectivity index is 1.77. The second kappa shape index (κ2) is 7.08. The van der Waals surface area contributed by atoms with Crippen LogP contribution in [0.3, 0.4) is 0 Å². The minimum atomic E-state index is -1.61. The number of hydrogen-bond acceptors (Lipinski definition) is 3. The zero-order valence-electron chi connectivity index (χ0n) is 13.3. The summed E-state index contributed by atoms with van der Waals surface area (Å²) in [6.45, 7) is -0.396. The summed E-state index contributed by atoms with van der Waals surface area (Å²) >= 11 is 0. The average molecular weight is 351 g/mol. The molecule has 1 heterocycles. The molecule has 1 aromatic heterocycles. The molecule has 2 aromatic rings. The molecule has 1 aromatic carbocycles. The lowest BCUT2D eigenvalue weighted by atomic mass is 10.1. The number of halogens is 3. The molecule has 1 aliphatic carbocycles. The fourth-order valence-corrected chi connectivity index (χ4v) is 2.86. The highest BCUT2D eigenvalue weighted by atomic mass is 19.2. The van der Waals surface area contributed by atoms with Crippen molar-refractivity contribution in [2.24, 2.45) is 0 Å². The molecule has 132 valence electrons. The van der Waals surface area contributed by atoms with E-state index >= 15 is 0 Å². The predicted octanol–water partition coefficient (Wildman–Crippen LogP) is 2.57. The van der Waals surface area contributed by atoms with Crippen molar-refractivity contribution in [2.75, 3.05) is 5.32 Å². The molecule has 0 spiro atoms. The third-order valence-electron chi connectivity index (χ3n) is 4.08. The first-order valence-electron chi connectivity index (χ1n) is 7.98. The first-order valence-corrected chi connectivity index (χ1v) is 7.98. The molecule has 0 aliphatic heterocycles. The molecule has 25 heavy (non-hydrogen) atoms. The number of rotatable bonds is 3. The second-order valence-electron chi connectivity index (χ2n) is 5.97. The van der Waals surface area contributed by atoms with Gasteiger partial charge < -0.3 is 5.32 Å². The maximum absolute atomic E-state index is 13.2. The van der Waals surface area contributed by atoms with Crippen LogP contribution in [0.2, 0.25) is 0 Å². The maximum Gasteiger partial charge on any atom is 0.267 e. The van der Waals surface area contributed by atoms with Gasteiger partial charge in [-0.2, -0.15) is 5.10 Å². The number of hydrogen-bond donors (Lipinski definition) is 1. The summed E-state index contributed by atoms with van der Waals surface area (Å²) < 4.78 is 40.3. The molecule has 0 fully saturated rings. The van der Waals surface area contributed by atoms with Gasteiger partial charge in [-0.15, -0.1) is 0 Å². The van der Waals surface area contributed by atoms with E-state index in [2.05, 4.69) is 10.4 Å². The highest BCUT2D eigenvalue weighted by Crippen LogP contribution is 2.18. The number of anilines is 1. The molecule has 3 rings (SSSR count). The van der Waals surface area contributed by atoms with Gasteiger partial charge in [0.1, 0.15) is 6.54 Å². The van der Waals surface area contributed by atoms with Gasteiger partial charge in [-0.25, -0.2) is 17.9 Å². The van der Waals surface area contributed by atoms with Crippen LogP contribution in [-0.4, -0.2) is 15.7 Å². The van der Waals surface area contributed by atoms with Gasteiger partial charge >= 0.3 is 0 Å². The van der Waals surface area contributed by atoms with Gasteiger partial charge in [0, 0.05) is 23.9 Å². The third kappa shape index (κ3) is 3.89. The van der Waals surface area contributed by atoms with Gasteiger partial charge in [0.25, 0.3) is 5.56 Å². The zero-order valence-corrected chi connectivity index (χ0v) is 13.3. The van der Waals surface area contributed by atoms with Crippen LogP contribution in [0.4, 0.5) is 18.9 Å². The number of aryl methyl sites for hydroxylation is 2. The van der Waals surface area contributed by atoms with E-state index in [1.807, 2.05) is 0 Å². The Labute approximate surface area is 141 Å². The van der Waals surface area contributed by atoms with Crippen LogP contribution in [-0.2, 0) is 24.2 Å². The molecule has 0 saturated heterocycles. The van der Waals surface area contributed by atoms with Crippen LogP contribution < -0.4 is 10.9 Å². The molecule has 0 atom stereocenters. The molecule has 1 N–H and O–H groups in total. The van der Waals surface area contributed by atoms with Gasteiger partial charge in [-0.1, -0.05) is 6.42 Å². The predicted molar refractivity (Wildman–Crippen MR) is 84.7 cm³/mol. The van der Waals surface area contributed by atoms with E-state index in [0.717, 1.165) is 48.0 Å². The van der Waals surface area contributed by atoms with Crippen molar-refractivity contribution in [1.82, 2.24) is 9.78 Å². The summed E-state index contributed by atoms with van der Waals surface area (Å²) in [5.74, 6) is -5.11. The first kappa shape index (κ1) is 17.2. The SMILES string of the molecule is O=C(Cn1nc2c(cc1=O)CCCCC2)Nc1cc(F)c(F)c(F)c1. The lowest BCUT2D eigenvalue weighted by Gasteiger charge is -2.10. The summed E-state index contributed by atoms with van der Waals surface area (Å²) in [5, 5.41) is 6.47. The smallest absolute Gasteiger partial charge is 0.267 e. The van der Waals surface area contributed by atoms with Gasteiger partial charge in [0.05, 0.1) is 5.69 Å². The Morgan fingerprint density at radius 2 is 1.76 bits per heavy atom. The lowest BCUT2D eigenvalue weighted by molar-refractivity contribution is -0.117. The fourth-order valence-electron chi connectivity index (χ4n) is 2.86. The Hall–Kier alpha value is -2.64. The molecule has 0 unspecified atom stereocenters. The molecule has 1 amide bonds. The number of carbonyl (C=O) groups excluding carboxylic acids is 1. The van der Waals surface area contributed by atoms with Crippen molar-refractivity contribution in [3.05, 3.63) is 57.3 Å². The Morgan fingerprint density at radius 3 is 2.48 bits per heavy atom. The largest absolute Gasteiger partial charge is 0.324 e. The van der Waals surface area contributed by atoms with E-state index in [9.17, 15) is 22.8 Å². The van der Waals surface area contributed by atoms with Crippen molar-refractivity contribution in [3.8, 4) is 0 Å². The molecule has 1 aliphatic rings. The number of benzene rings is 1. The summed E-state index contributed by atoms with van der Waals surface area (Å²) in [4.78, 5) is 24.1. The minimum Gasteiger partial charge on any atom is -0.324 e. The number of amides is 1.